The molecule has 2 heterocycles. The van der Waals surface area contributed by atoms with Crippen molar-refractivity contribution in [2.24, 2.45) is 0 Å². The molecule has 14 aromatic carbocycles. The first-order chi connectivity index (χ1) is 49.0. The van der Waals surface area contributed by atoms with Crippen LogP contribution in [0.4, 0.5) is 34.1 Å². The molecule has 0 unspecified atom stereocenters. The number of anilines is 6. The molecule has 0 bridgehead atoms. The predicted octanol–water partition coefficient (Wildman–Crippen LogP) is 27.0. The summed E-state index contributed by atoms with van der Waals surface area (Å²) in [5, 5.41) is 13.7. The van der Waals surface area contributed by atoms with Crippen molar-refractivity contribution in [3.63, 3.8) is 0 Å². The van der Waals surface area contributed by atoms with Crippen LogP contribution in [0.25, 0.3) is 118 Å². The fourth-order valence-corrected chi connectivity index (χ4v) is 18.7. The highest BCUT2D eigenvalue weighted by molar-refractivity contribution is 7.26. The zero-order valence-corrected chi connectivity index (χ0v) is 59.1. The number of nitrogens with one attached hydrogen (secondary N) is 1. The molecule has 18 rings (SSSR count). The minimum absolute atomic E-state index is 0.0973. The number of unbranched alkanes of at least 4 members (excludes halogenated alkanes) is 1. The lowest BCUT2D eigenvalue weighted by Crippen LogP contribution is -2.15. The summed E-state index contributed by atoms with van der Waals surface area (Å²) < 4.78 is 12.2. The quantitative estimate of drug-likeness (QED) is 0.0920. The highest BCUT2D eigenvalue weighted by atomic mass is 32.1. The van der Waals surface area contributed by atoms with Gasteiger partial charge in [0.15, 0.2) is 0 Å². The van der Waals surface area contributed by atoms with Crippen LogP contribution < -0.4 is 19.9 Å². The van der Waals surface area contributed by atoms with E-state index in [0.29, 0.717) is 6.61 Å². The molecule has 0 aliphatic heterocycles. The van der Waals surface area contributed by atoms with E-state index in [2.05, 4.69) is 336 Å². The summed E-state index contributed by atoms with van der Waals surface area (Å²) in [6.45, 7) is 16.2. The number of ether oxygens (including phenoxy) is 1. The lowest BCUT2D eigenvalue weighted by molar-refractivity contribution is 0.311. The Labute approximate surface area is 594 Å². The van der Waals surface area contributed by atoms with Gasteiger partial charge < -0.3 is 19.9 Å². The second-order valence-electron chi connectivity index (χ2n) is 28.4. The second kappa shape index (κ2) is 24.7. The van der Waals surface area contributed by atoms with E-state index >= 15 is 0 Å². The third-order valence-corrected chi connectivity index (χ3v) is 23.9. The summed E-state index contributed by atoms with van der Waals surface area (Å²) >= 11 is 3.73. The Morgan fingerprint density at radius 3 is 1.33 bits per heavy atom. The zero-order chi connectivity index (χ0) is 67.4. The van der Waals surface area contributed by atoms with Crippen LogP contribution in [0.3, 0.4) is 0 Å². The molecule has 0 spiro atoms. The summed E-state index contributed by atoms with van der Waals surface area (Å²) in [6, 6.07) is 106. The first kappa shape index (κ1) is 61.7. The topological polar surface area (TPSA) is 27.7 Å². The van der Waals surface area contributed by atoms with Crippen LogP contribution in [-0.4, -0.2) is 13.2 Å². The number of thiophene rings is 2. The van der Waals surface area contributed by atoms with Crippen molar-refractivity contribution in [2.45, 2.75) is 78.2 Å². The van der Waals surface area contributed by atoms with E-state index in [1.54, 1.807) is 0 Å². The number of hydrogen-bond donors (Lipinski definition) is 1. The lowest BCUT2D eigenvalue weighted by Gasteiger charge is -2.28. The summed E-state index contributed by atoms with van der Waals surface area (Å²) in [5.41, 5.74) is 25.5. The molecule has 2 aromatic heterocycles. The number of benzene rings is 14. The van der Waals surface area contributed by atoms with Crippen molar-refractivity contribution >= 4 is 119 Å². The SMILES string of the molecule is CCCCOc1ccc2cc(-c3cccc(N(c4ccc5c(c4)-c4ccccc4C5(C)C)c4ccc5sc6ccccc6c5c4)c3)ccc2c1-c1c(CNCCC)ccc2cc(-c3cccc(N(c4ccc5c(c4)-c4ccccc4C5(C)C)c4ccc5sc6ccccc6c5c4)c3)ccc12. The van der Waals surface area contributed by atoms with E-state index in [1.807, 2.05) is 22.7 Å². The van der Waals surface area contributed by atoms with Gasteiger partial charge in [-0.15, -0.1) is 22.7 Å². The number of nitrogens with zero attached hydrogens (tertiary/aromatic N) is 2. The highest BCUT2D eigenvalue weighted by Gasteiger charge is 2.37. The van der Waals surface area contributed by atoms with Crippen molar-refractivity contribution < 1.29 is 4.74 Å². The van der Waals surface area contributed by atoms with E-state index in [-0.39, 0.29) is 10.8 Å². The first-order valence-electron chi connectivity index (χ1n) is 35.6. The van der Waals surface area contributed by atoms with Crippen molar-refractivity contribution in [3.8, 4) is 61.4 Å². The Kier molecular flexibility index (Phi) is 15.2. The van der Waals surface area contributed by atoms with Gasteiger partial charge in [-0.2, -0.15) is 0 Å². The molecule has 2 aliphatic carbocycles. The molecular formula is C94H77N3OS2. The number of fused-ring (bicyclic) bond motifs is 14. The Morgan fingerprint density at radius 2 is 0.790 bits per heavy atom. The molecule has 16 aromatic rings. The summed E-state index contributed by atoms with van der Waals surface area (Å²) in [6.07, 6.45) is 3.06. The molecule has 2 aliphatic rings. The van der Waals surface area contributed by atoms with Crippen LogP contribution in [-0.2, 0) is 17.4 Å². The zero-order valence-electron chi connectivity index (χ0n) is 57.4. The summed E-state index contributed by atoms with van der Waals surface area (Å²) in [4.78, 5) is 4.94. The van der Waals surface area contributed by atoms with E-state index in [1.165, 1.54) is 112 Å². The van der Waals surface area contributed by atoms with Crippen LogP contribution in [0.5, 0.6) is 5.75 Å². The average molecular weight is 1330 g/mol. The van der Waals surface area contributed by atoms with Gasteiger partial charge in [0, 0.05) is 97.4 Å². The van der Waals surface area contributed by atoms with E-state index in [4.69, 9.17) is 4.74 Å². The predicted molar refractivity (Wildman–Crippen MR) is 430 cm³/mol. The maximum Gasteiger partial charge on any atom is 0.127 e. The number of hydrogen-bond acceptors (Lipinski definition) is 6. The van der Waals surface area contributed by atoms with Crippen molar-refractivity contribution in [2.75, 3.05) is 23.0 Å². The molecule has 0 radical (unpaired) electrons. The van der Waals surface area contributed by atoms with Crippen LogP contribution in [0.2, 0.25) is 0 Å². The van der Waals surface area contributed by atoms with Crippen molar-refractivity contribution in [1.29, 1.82) is 0 Å². The molecule has 0 amide bonds. The van der Waals surface area contributed by atoms with E-state index in [0.717, 1.165) is 105 Å². The average Bonchev–Trinajstić information content (AvgIpc) is 1.43. The molecule has 4 nitrogen and oxygen atoms in total. The van der Waals surface area contributed by atoms with Gasteiger partial charge in [0.1, 0.15) is 5.75 Å². The molecule has 0 atom stereocenters. The third-order valence-electron chi connectivity index (χ3n) is 21.6. The Balaban J connectivity index is 0.750. The normalized spacial score (nSPS) is 13.3. The molecule has 0 saturated carbocycles. The monoisotopic (exact) mass is 1330 g/mol. The molecule has 0 fully saturated rings. The van der Waals surface area contributed by atoms with Crippen molar-refractivity contribution in [3.05, 3.63) is 307 Å². The van der Waals surface area contributed by atoms with Gasteiger partial charge in [-0.05, 0) is 234 Å². The first-order valence-corrected chi connectivity index (χ1v) is 37.2. The van der Waals surface area contributed by atoms with Gasteiger partial charge >= 0.3 is 0 Å². The fraction of sp³-hybridized carbons (Fsp3) is 0.149. The Morgan fingerprint density at radius 1 is 0.340 bits per heavy atom. The van der Waals surface area contributed by atoms with Crippen LogP contribution in [0.15, 0.2) is 279 Å². The largest absolute Gasteiger partial charge is 0.493 e. The minimum Gasteiger partial charge on any atom is -0.493 e. The molecular weight excluding hydrogens is 1250 g/mol. The molecule has 1 N–H and O–H groups in total. The van der Waals surface area contributed by atoms with Gasteiger partial charge in [0.2, 0.25) is 0 Å². The van der Waals surface area contributed by atoms with E-state index < -0.39 is 0 Å². The lowest BCUT2D eigenvalue weighted by atomic mass is 9.82. The minimum atomic E-state index is -0.0978. The van der Waals surface area contributed by atoms with Gasteiger partial charge in [-0.3, -0.25) is 0 Å². The van der Waals surface area contributed by atoms with Crippen LogP contribution in [0, 0.1) is 0 Å². The molecule has 6 heteroatoms. The van der Waals surface area contributed by atoms with Crippen molar-refractivity contribution in [1.82, 2.24) is 5.32 Å². The maximum atomic E-state index is 6.98. The molecule has 486 valence electrons. The van der Waals surface area contributed by atoms with Gasteiger partial charge in [-0.25, -0.2) is 0 Å². The van der Waals surface area contributed by atoms with Gasteiger partial charge in [-0.1, -0.05) is 212 Å². The third kappa shape index (κ3) is 10.3. The van der Waals surface area contributed by atoms with Gasteiger partial charge in [0.05, 0.1) is 6.61 Å². The number of rotatable bonds is 17. The standard InChI is InChI=1S/C94H77N3OS2/c1-7-9-49-98-86-45-36-64-51-62(60-21-19-23-67(53-60)97(71-40-47-90-81(57-71)77-27-13-17-31-88(77)100-90)69-38-44-85-79(55-69)75-25-11-15-29-83(75)94(85,5)6)35-42-73(64)92(86)91-65(58-95-48-8-2)33-32-63-50-61(34-41-72(63)91)59-20-18-22-66(52-59)96(70-39-46-89-80(56-70)76-26-12-16-30-87(76)99-89)68-37-43-84-78(54-68)74-24-10-14-28-82(74)93(84,3)4/h10-47,50-57,95H,7-9,48-49,58H2,1-6H3. The van der Waals surface area contributed by atoms with E-state index in [9.17, 15) is 0 Å². The fourth-order valence-electron chi connectivity index (χ4n) is 16.5. The Bertz CT molecular complexity index is 5580. The molecule has 100 heavy (non-hydrogen) atoms. The summed E-state index contributed by atoms with van der Waals surface area (Å²) in [7, 11) is 0. The Hall–Kier alpha value is -10.6. The van der Waals surface area contributed by atoms with Gasteiger partial charge in [0.25, 0.3) is 0 Å². The maximum absolute atomic E-state index is 6.98. The highest BCUT2D eigenvalue weighted by Crippen LogP contribution is 2.54. The summed E-state index contributed by atoms with van der Waals surface area (Å²) in [5.74, 6) is 0.912. The molecule has 0 saturated heterocycles. The van der Waals surface area contributed by atoms with Crippen LogP contribution in [0.1, 0.15) is 88.6 Å². The smallest absolute Gasteiger partial charge is 0.127 e. The van der Waals surface area contributed by atoms with Crippen LogP contribution >= 0.6 is 22.7 Å². The second-order valence-corrected chi connectivity index (χ2v) is 30.6.